The normalized spacial score (nSPS) is 12.6. The topological polar surface area (TPSA) is 95.5 Å². The summed E-state index contributed by atoms with van der Waals surface area (Å²) in [5.74, 6) is -0.812. The van der Waals surface area contributed by atoms with Crippen molar-refractivity contribution in [3.8, 4) is 0 Å². The van der Waals surface area contributed by atoms with Crippen LogP contribution in [-0.4, -0.2) is 25.6 Å². The maximum atomic E-state index is 12.5. The molecule has 3 N–H and O–H groups in total. The Kier molecular flexibility index (Phi) is 6.08. The highest BCUT2D eigenvalue weighted by atomic mass is 32.2. The van der Waals surface area contributed by atoms with Crippen LogP contribution in [0.15, 0.2) is 59.5 Å². The van der Waals surface area contributed by atoms with E-state index in [9.17, 15) is 13.2 Å². The first-order chi connectivity index (χ1) is 11.5. The standard InChI is InChI=1S/C17H20N2O4S/c1-2-13-8-10-15(11-9-13)24(22,23)19-16(17(20)18-21)12-14-6-4-3-5-7-14/h3-11,16,19,21H,2,12H2,1H3,(H,18,20). The molecule has 0 aliphatic carbocycles. The van der Waals surface area contributed by atoms with Gasteiger partial charge in [-0.1, -0.05) is 49.4 Å². The van der Waals surface area contributed by atoms with Gasteiger partial charge in [0, 0.05) is 0 Å². The lowest BCUT2D eigenvalue weighted by Gasteiger charge is -2.17. The van der Waals surface area contributed by atoms with Crippen molar-refractivity contribution in [1.82, 2.24) is 10.2 Å². The second kappa shape index (κ2) is 8.05. The Balaban J connectivity index is 2.22. The van der Waals surface area contributed by atoms with Gasteiger partial charge >= 0.3 is 0 Å². The summed E-state index contributed by atoms with van der Waals surface area (Å²) >= 11 is 0. The Bertz CT molecular complexity index is 774. The lowest BCUT2D eigenvalue weighted by molar-refractivity contribution is -0.130. The number of rotatable bonds is 7. The van der Waals surface area contributed by atoms with Crippen molar-refractivity contribution in [3.05, 3.63) is 65.7 Å². The molecule has 6 nitrogen and oxygen atoms in total. The van der Waals surface area contributed by atoms with Gasteiger partial charge in [-0.3, -0.25) is 10.0 Å². The van der Waals surface area contributed by atoms with Gasteiger partial charge in [0.05, 0.1) is 4.90 Å². The van der Waals surface area contributed by atoms with E-state index < -0.39 is 22.0 Å². The number of aryl methyl sites for hydroxylation is 1. The monoisotopic (exact) mass is 348 g/mol. The van der Waals surface area contributed by atoms with Gasteiger partial charge in [-0.25, -0.2) is 13.9 Å². The maximum absolute atomic E-state index is 12.5. The first-order valence-corrected chi connectivity index (χ1v) is 9.03. The van der Waals surface area contributed by atoms with E-state index in [4.69, 9.17) is 5.21 Å². The second-order valence-electron chi connectivity index (χ2n) is 5.34. The minimum Gasteiger partial charge on any atom is -0.289 e. The molecular weight excluding hydrogens is 328 g/mol. The predicted molar refractivity (Wildman–Crippen MR) is 90.0 cm³/mol. The third-order valence-electron chi connectivity index (χ3n) is 3.65. The third-order valence-corrected chi connectivity index (χ3v) is 5.14. The van der Waals surface area contributed by atoms with Gasteiger partial charge in [0.2, 0.25) is 10.0 Å². The average Bonchev–Trinajstić information content (AvgIpc) is 2.61. The molecule has 0 bridgehead atoms. The first-order valence-electron chi connectivity index (χ1n) is 7.55. The molecule has 0 saturated carbocycles. The number of nitrogens with one attached hydrogen (secondary N) is 2. The molecule has 128 valence electrons. The molecule has 0 aliphatic rings. The molecule has 0 spiro atoms. The Morgan fingerprint density at radius 1 is 1.04 bits per heavy atom. The van der Waals surface area contributed by atoms with Crippen molar-refractivity contribution >= 4 is 15.9 Å². The zero-order chi connectivity index (χ0) is 17.6. The largest absolute Gasteiger partial charge is 0.289 e. The lowest BCUT2D eigenvalue weighted by atomic mass is 10.1. The summed E-state index contributed by atoms with van der Waals surface area (Å²) in [4.78, 5) is 11.9. The minimum atomic E-state index is -3.88. The van der Waals surface area contributed by atoms with Crippen LogP contribution < -0.4 is 10.2 Å². The Morgan fingerprint density at radius 2 is 1.67 bits per heavy atom. The summed E-state index contributed by atoms with van der Waals surface area (Å²) in [6.45, 7) is 1.98. The molecule has 2 aromatic rings. The summed E-state index contributed by atoms with van der Waals surface area (Å²) in [6, 6.07) is 14.3. The number of benzene rings is 2. The summed E-state index contributed by atoms with van der Waals surface area (Å²) in [5.41, 5.74) is 3.30. The summed E-state index contributed by atoms with van der Waals surface area (Å²) in [5, 5.41) is 8.88. The molecule has 7 heteroatoms. The zero-order valence-corrected chi connectivity index (χ0v) is 14.1. The van der Waals surface area contributed by atoms with Crippen LogP contribution in [-0.2, 0) is 27.7 Å². The van der Waals surface area contributed by atoms with Crippen LogP contribution in [0.1, 0.15) is 18.1 Å². The minimum absolute atomic E-state index is 0.0727. The van der Waals surface area contributed by atoms with Crippen molar-refractivity contribution in [3.63, 3.8) is 0 Å². The van der Waals surface area contributed by atoms with Crippen LogP contribution in [0, 0.1) is 0 Å². The summed E-state index contributed by atoms with van der Waals surface area (Å²) in [6.07, 6.45) is 0.927. The predicted octanol–water partition coefficient (Wildman–Crippen LogP) is 1.64. The van der Waals surface area contributed by atoms with E-state index in [-0.39, 0.29) is 11.3 Å². The van der Waals surface area contributed by atoms with E-state index in [0.29, 0.717) is 0 Å². The smallest absolute Gasteiger partial charge is 0.261 e. The quantitative estimate of drug-likeness (QED) is 0.524. The lowest BCUT2D eigenvalue weighted by Crippen LogP contribution is -2.47. The number of sulfonamides is 1. The van der Waals surface area contributed by atoms with E-state index in [1.807, 2.05) is 13.0 Å². The molecular formula is C17H20N2O4S. The van der Waals surface area contributed by atoms with E-state index in [0.717, 1.165) is 17.5 Å². The SMILES string of the molecule is CCc1ccc(S(=O)(=O)NC(Cc2ccccc2)C(=O)NO)cc1. The third kappa shape index (κ3) is 4.64. The van der Waals surface area contributed by atoms with Crippen LogP contribution in [0.5, 0.6) is 0 Å². The second-order valence-corrected chi connectivity index (χ2v) is 7.05. The number of hydrogen-bond donors (Lipinski definition) is 3. The van der Waals surface area contributed by atoms with Crippen molar-refractivity contribution in [2.45, 2.75) is 30.7 Å². The molecule has 1 atom stereocenters. The highest BCUT2D eigenvalue weighted by Gasteiger charge is 2.25. The first kappa shape index (κ1) is 18.1. The number of carbonyl (C=O) groups is 1. The number of hydroxylamine groups is 1. The molecule has 0 heterocycles. The Labute approximate surface area is 141 Å². The molecule has 2 rings (SSSR count). The van der Waals surface area contributed by atoms with Crippen LogP contribution >= 0.6 is 0 Å². The molecule has 0 aliphatic heterocycles. The Morgan fingerprint density at radius 3 is 2.21 bits per heavy atom. The van der Waals surface area contributed by atoms with Crippen molar-refractivity contribution in [2.75, 3.05) is 0 Å². The van der Waals surface area contributed by atoms with Crippen molar-refractivity contribution in [1.29, 1.82) is 0 Å². The Hall–Kier alpha value is -2.22. The van der Waals surface area contributed by atoms with E-state index in [1.165, 1.54) is 17.6 Å². The molecule has 0 saturated heterocycles. The average molecular weight is 348 g/mol. The molecule has 1 unspecified atom stereocenters. The summed E-state index contributed by atoms with van der Waals surface area (Å²) in [7, 11) is -3.88. The zero-order valence-electron chi connectivity index (χ0n) is 13.3. The number of amides is 1. The van der Waals surface area contributed by atoms with Gasteiger partial charge in [0.25, 0.3) is 5.91 Å². The van der Waals surface area contributed by atoms with Crippen LogP contribution in [0.25, 0.3) is 0 Å². The van der Waals surface area contributed by atoms with Crippen molar-refractivity contribution in [2.24, 2.45) is 0 Å². The molecule has 0 radical (unpaired) electrons. The van der Waals surface area contributed by atoms with Gasteiger partial charge in [-0.05, 0) is 36.1 Å². The van der Waals surface area contributed by atoms with Crippen LogP contribution in [0.4, 0.5) is 0 Å². The van der Waals surface area contributed by atoms with Crippen molar-refractivity contribution < 1.29 is 18.4 Å². The number of carbonyl (C=O) groups excluding carboxylic acids is 1. The van der Waals surface area contributed by atoms with E-state index in [2.05, 4.69) is 4.72 Å². The van der Waals surface area contributed by atoms with Gasteiger partial charge in [0.15, 0.2) is 0 Å². The van der Waals surface area contributed by atoms with Gasteiger partial charge < -0.3 is 0 Å². The van der Waals surface area contributed by atoms with E-state index >= 15 is 0 Å². The van der Waals surface area contributed by atoms with Gasteiger partial charge in [-0.2, -0.15) is 4.72 Å². The fourth-order valence-electron chi connectivity index (χ4n) is 2.28. The van der Waals surface area contributed by atoms with Crippen LogP contribution in [0.2, 0.25) is 0 Å². The van der Waals surface area contributed by atoms with E-state index in [1.54, 1.807) is 36.4 Å². The van der Waals surface area contributed by atoms with Crippen LogP contribution in [0.3, 0.4) is 0 Å². The molecule has 1 amide bonds. The molecule has 24 heavy (non-hydrogen) atoms. The fourth-order valence-corrected chi connectivity index (χ4v) is 3.47. The fraction of sp³-hybridized carbons (Fsp3) is 0.235. The van der Waals surface area contributed by atoms with Gasteiger partial charge in [-0.15, -0.1) is 0 Å². The molecule has 0 fully saturated rings. The summed E-state index contributed by atoms with van der Waals surface area (Å²) < 4.78 is 27.3. The number of hydrogen-bond acceptors (Lipinski definition) is 4. The molecule has 2 aromatic carbocycles. The van der Waals surface area contributed by atoms with Gasteiger partial charge in [0.1, 0.15) is 6.04 Å². The highest BCUT2D eigenvalue weighted by Crippen LogP contribution is 2.13. The molecule has 0 aromatic heterocycles. The maximum Gasteiger partial charge on any atom is 0.261 e. The highest BCUT2D eigenvalue weighted by molar-refractivity contribution is 7.89.